The van der Waals surface area contributed by atoms with Crippen LogP contribution < -0.4 is 20.9 Å². The zero-order chi connectivity index (χ0) is 22.9. The van der Waals surface area contributed by atoms with Gasteiger partial charge in [0.1, 0.15) is 5.75 Å². The van der Waals surface area contributed by atoms with Gasteiger partial charge in [-0.3, -0.25) is 25.2 Å². The number of carbonyl (C=O) groups is 3. The van der Waals surface area contributed by atoms with E-state index in [0.29, 0.717) is 17.0 Å². The molecule has 0 aliphatic rings. The molecule has 0 heterocycles. The molecule has 0 fully saturated rings. The van der Waals surface area contributed by atoms with Gasteiger partial charge in [0.25, 0.3) is 11.8 Å². The molecule has 3 aromatic rings. The normalized spacial score (nSPS) is 10.3. The molecule has 7 nitrogen and oxygen atoms in total. The zero-order valence-electron chi connectivity index (χ0n) is 17.9. The number of hydrazine groups is 1. The molecule has 7 heteroatoms. The second-order valence-electron chi connectivity index (χ2n) is 7.40. The van der Waals surface area contributed by atoms with Gasteiger partial charge in [-0.15, -0.1) is 0 Å². The summed E-state index contributed by atoms with van der Waals surface area (Å²) in [5, 5.41) is 2.75. The Balaban J connectivity index is 1.43. The van der Waals surface area contributed by atoms with Crippen LogP contribution in [0.4, 0.5) is 5.69 Å². The number of hydrogen-bond donors (Lipinski definition) is 3. The Hall–Kier alpha value is -4.13. The van der Waals surface area contributed by atoms with Gasteiger partial charge in [-0.05, 0) is 47.5 Å². The second-order valence-corrected chi connectivity index (χ2v) is 7.40. The third kappa shape index (κ3) is 6.43. The summed E-state index contributed by atoms with van der Waals surface area (Å²) < 4.78 is 5.47. The van der Waals surface area contributed by atoms with E-state index in [-0.39, 0.29) is 18.4 Å². The molecule has 0 radical (unpaired) electrons. The Morgan fingerprint density at radius 2 is 1.41 bits per heavy atom. The second kappa shape index (κ2) is 10.8. The van der Waals surface area contributed by atoms with Crippen molar-refractivity contribution in [3.63, 3.8) is 0 Å². The summed E-state index contributed by atoms with van der Waals surface area (Å²) in [6.45, 7) is 3.34. The number of benzene rings is 3. The Morgan fingerprint density at radius 1 is 0.781 bits per heavy atom. The van der Waals surface area contributed by atoms with Gasteiger partial charge >= 0.3 is 0 Å². The van der Waals surface area contributed by atoms with E-state index in [1.807, 2.05) is 42.5 Å². The van der Waals surface area contributed by atoms with Crippen molar-refractivity contribution < 1.29 is 19.1 Å². The van der Waals surface area contributed by atoms with Gasteiger partial charge in [-0.1, -0.05) is 56.3 Å². The summed E-state index contributed by atoms with van der Waals surface area (Å²) in [5.74, 6) is -0.676. The third-order valence-corrected chi connectivity index (χ3v) is 4.59. The molecule has 0 aliphatic heterocycles. The van der Waals surface area contributed by atoms with Gasteiger partial charge in [0.2, 0.25) is 5.91 Å². The summed E-state index contributed by atoms with van der Waals surface area (Å²) in [5.41, 5.74) is 7.73. The zero-order valence-corrected chi connectivity index (χ0v) is 17.9. The highest BCUT2D eigenvalue weighted by Gasteiger charge is 2.10. The largest absolute Gasteiger partial charge is 0.484 e. The van der Waals surface area contributed by atoms with Crippen molar-refractivity contribution in [3.8, 4) is 16.9 Å². The lowest BCUT2D eigenvalue weighted by Gasteiger charge is -2.10. The van der Waals surface area contributed by atoms with Crippen LogP contribution >= 0.6 is 0 Å². The Labute approximate surface area is 186 Å². The van der Waals surface area contributed by atoms with E-state index in [9.17, 15) is 14.4 Å². The molecule has 0 saturated carbocycles. The van der Waals surface area contributed by atoms with Crippen LogP contribution in [0, 0.1) is 5.92 Å². The summed E-state index contributed by atoms with van der Waals surface area (Å²) in [6, 6.07) is 23.7. The smallest absolute Gasteiger partial charge is 0.276 e. The maximum absolute atomic E-state index is 12.2. The molecule has 3 rings (SSSR count). The number of amides is 3. The van der Waals surface area contributed by atoms with E-state index in [1.165, 1.54) is 0 Å². The average molecular weight is 431 g/mol. The van der Waals surface area contributed by atoms with Gasteiger partial charge in [0, 0.05) is 17.2 Å². The predicted octanol–water partition coefficient (Wildman–Crippen LogP) is 3.79. The molecular formula is C25H25N3O4. The van der Waals surface area contributed by atoms with E-state index < -0.39 is 11.8 Å². The lowest BCUT2D eigenvalue weighted by molar-refractivity contribution is -0.123. The molecule has 0 aromatic heterocycles. The van der Waals surface area contributed by atoms with Crippen LogP contribution in [0.25, 0.3) is 11.1 Å². The predicted molar refractivity (Wildman–Crippen MR) is 123 cm³/mol. The quantitative estimate of drug-likeness (QED) is 0.496. The maximum atomic E-state index is 12.2. The molecular weight excluding hydrogens is 406 g/mol. The van der Waals surface area contributed by atoms with Gasteiger partial charge in [0.05, 0.1) is 0 Å². The Morgan fingerprint density at radius 3 is 2.03 bits per heavy atom. The van der Waals surface area contributed by atoms with Crippen molar-refractivity contribution in [2.45, 2.75) is 13.8 Å². The first kappa shape index (κ1) is 22.6. The fourth-order valence-corrected chi connectivity index (χ4v) is 2.75. The van der Waals surface area contributed by atoms with Crippen LogP contribution in [0.1, 0.15) is 24.2 Å². The van der Waals surface area contributed by atoms with Crippen LogP contribution in [-0.4, -0.2) is 24.3 Å². The summed E-state index contributed by atoms with van der Waals surface area (Å²) >= 11 is 0. The topological polar surface area (TPSA) is 96.5 Å². The van der Waals surface area contributed by atoms with Gasteiger partial charge in [0.15, 0.2) is 6.61 Å². The van der Waals surface area contributed by atoms with E-state index in [4.69, 9.17) is 4.74 Å². The van der Waals surface area contributed by atoms with Crippen molar-refractivity contribution in [1.82, 2.24) is 10.9 Å². The molecule has 0 bridgehead atoms. The summed E-state index contributed by atoms with van der Waals surface area (Å²) in [4.78, 5) is 35.9. The Kier molecular flexibility index (Phi) is 7.59. The lowest BCUT2D eigenvalue weighted by Crippen LogP contribution is -2.43. The molecule has 32 heavy (non-hydrogen) atoms. The fraction of sp³-hybridized carbons (Fsp3) is 0.160. The SMILES string of the molecule is CC(C)C(=O)Nc1ccc(C(=O)NNC(=O)COc2ccc(-c3ccccc3)cc2)cc1. The molecule has 3 aromatic carbocycles. The van der Waals surface area contributed by atoms with Gasteiger partial charge in [-0.25, -0.2) is 0 Å². The van der Waals surface area contributed by atoms with Crippen molar-refractivity contribution >= 4 is 23.4 Å². The number of nitrogens with one attached hydrogen (secondary N) is 3. The number of ether oxygens (including phenoxy) is 1. The number of rotatable bonds is 7. The molecule has 3 N–H and O–H groups in total. The van der Waals surface area contributed by atoms with E-state index in [2.05, 4.69) is 16.2 Å². The highest BCUT2D eigenvalue weighted by atomic mass is 16.5. The standard InChI is InChI=1S/C25H25N3O4/c1-17(2)24(30)26-21-12-8-20(9-13-21)25(31)28-27-23(29)16-32-22-14-10-19(11-15-22)18-6-4-3-5-7-18/h3-15,17H,16H2,1-2H3,(H,26,30)(H,27,29)(H,28,31). The van der Waals surface area contributed by atoms with E-state index >= 15 is 0 Å². The van der Waals surface area contributed by atoms with E-state index in [1.54, 1.807) is 50.2 Å². The van der Waals surface area contributed by atoms with Crippen molar-refractivity contribution in [3.05, 3.63) is 84.4 Å². The number of anilines is 1. The van der Waals surface area contributed by atoms with Crippen LogP contribution in [-0.2, 0) is 9.59 Å². The minimum Gasteiger partial charge on any atom is -0.484 e. The minimum atomic E-state index is -0.494. The maximum Gasteiger partial charge on any atom is 0.276 e. The highest BCUT2D eigenvalue weighted by molar-refractivity contribution is 5.97. The first-order valence-electron chi connectivity index (χ1n) is 10.2. The van der Waals surface area contributed by atoms with Crippen LogP contribution in [0.5, 0.6) is 5.75 Å². The monoisotopic (exact) mass is 431 g/mol. The van der Waals surface area contributed by atoms with E-state index in [0.717, 1.165) is 11.1 Å². The molecule has 3 amide bonds. The number of carbonyl (C=O) groups excluding carboxylic acids is 3. The average Bonchev–Trinajstić information content (AvgIpc) is 2.82. The van der Waals surface area contributed by atoms with Crippen molar-refractivity contribution in [2.75, 3.05) is 11.9 Å². The molecule has 0 aliphatic carbocycles. The van der Waals surface area contributed by atoms with Crippen molar-refractivity contribution in [2.24, 2.45) is 5.92 Å². The van der Waals surface area contributed by atoms with Crippen LogP contribution in [0.2, 0.25) is 0 Å². The Bertz CT molecular complexity index is 1060. The molecule has 0 saturated heterocycles. The molecule has 0 unspecified atom stereocenters. The number of hydrogen-bond acceptors (Lipinski definition) is 4. The molecule has 0 spiro atoms. The third-order valence-electron chi connectivity index (χ3n) is 4.59. The first-order valence-corrected chi connectivity index (χ1v) is 10.2. The van der Waals surface area contributed by atoms with Gasteiger partial charge < -0.3 is 10.1 Å². The molecule has 0 atom stereocenters. The van der Waals surface area contributed by atoms with Crippen molar-refractivity contribution in [1.29, 1.82) is 0 Å². The summed E-state index contributed by atoms with van der Waals surface area (Å²) in [7, 11) is 0. The highest BCUT2D eigenvalue weighted by Crippen LogP contribution is 2.22. The summed E-state index contributed by atoms with van der Waals surface area (Å²) in [6.07, 6.45) is 0. The molecule has 164 valence electrons. The van der Waals surface area contributed by atoms with Crippen LogP contribution in [0.15, 0.2) is 78.9 Å². The fourth-order valence-electron chi connectivity index (χ4n) is 2.75. The van der Waals surface area contributed by atoms with Gasteiger partial charge in [-0.2, -0.15) is 0 Å². The minimum absolute atomic E-state index is 0.107. The first-order chi connectivity index (χ1) is 15.4. The lowest BCUT2D eigenvalue weighted by atomic mass is 10.1. The van der Waals surface area contributed by atoms with Crippen LogP contribution in [0.3, 0.4) is 0 Å².